The lowest BCUT2D eigenvalue weighted by Crippen LogP contribution is -2.47. The number of urea groups is 1. The molecule has 1 aromatic carbocycles. The van der Waals surface area contributed by atoms with Crippen molar-refractivity contribution in [2.45, 2.75) is 82.4 Å². The van der Waals surface area contributed by atoms with Gasteiger partial charge in [-0.1, -0.05) is 6.07 Å². The van der Waals surface area contributed by atoms with Gasteiger partial charge in [0.2, 0.25) is 5.88 Å². The normalized spacial score (nSPS) is 18.3. The first-order valence-electron chi connectivity index (χ1n) is 12.6. The Balaban J connectivity index is 1.29. The minimum absolute atomic E-state index is 0.0237. The van der Waals surface area contributed by atoms with E-state index in [-0.39, 0.29) is 23.9 Å². The molecular formula is C25H33N5O6S. The van der Waals surface area contributed by atoms with E-state index in [9.17, 15) is 18.0 Å². The topological polar surface area (TPSA) is 132 Å². The van der Waals surface area contributed by atoms with Crippen molar-refractivity contribution >= 4 is 27.8 Å². The minimum Gasteiger partial charge on any atom is -0.475 e. The summed E-state index contributed by atoms with van der Waals surface area (Å²) in [5.41, 5.74) is 4.81. The van der Waals surface area contributed by atoms with Crippen LogP contribution in [0.1, 0.15) is 55.9 Å². The highest BCUT2D eigenvalue weighted by atomic mass is 32.2. The SMILES string of the molecule is CN(C(=O)OC(C)(C)C)[C@@H]1COc2c(S(=O)(=O)NC(=O)Nc3c4c(cc5c3CCC5)CCC4)cnn2C1. The number of hydrogen-bond donors (Lipinski definition) is 2. The number of nitrogens with one attached hydrogen (secondary N) is 2. The molecule has 0 saturated carbocycles. The summed E-state index contributed by atoms with van der Waals surface area (Å²) >= 11 is 0. The maximum Gasteiger partial charge on any atom is 0.410 e. The summed E-state index contributed by atoms with van der Waals surface area (Å²) in [6, 6.07) is 1.03. The van der Waals surface area contributed by atoms with E-state index in [2.05, 4.69) is 21.2 Å². The van der Waals surface area contributed by atoms with Crippen LogP contribution in [0.3, 0.4) is 0 Å². The number of fused-ring (bicyclic) bond motifs is 3. The van der Waals surface area contributed by atoms with Crippen LogP contribution in [-0.4, -0.2) is 60.5 Å². The van der Waals surface area contributed by atoms with Gasteiger partial charge in [-0.3, -0.25) is 0 Å². The Bertz CT molecular complexity index is 1330. The van der Waals surface area contributed by atoms with Gasteiger partial charge in [0.15, 0.2) is 4.90 Å². The number of nitrogens with zero attached hydrogens (tertiary/aromatic N) is 3. The molecule has 37 heavy (non-hydrogen) atoms. The number of sulfonamides is 1. The van der Waals surface area contributed by atoms with Crippen LogP contribution in [0.4, 0.5) is 15.3 Å². The van der Waals surface area contributed by atoms with Gasteiger partial charge < -0.3 is 19.7 Å². The highest BCUT2D eigenvalue weighted by Gasteiger charge is 2.35. The molecular weight excluding hydrogens is 498 g/mol. The number of ether oxygens (including phenoxy) is 2. The van der Waals surface area contributed by atoms with Crippen molar-refractivity contribution in [1.82, 2.24) is 19.4 Å². The fourth-order valence-electron chi connectivity index (χ4n) is 5.24. The second-order valence-corrected chi connectivity index (χ2v) is 12.5. The Labute approximate surface area is 216 Å². The number of likely N-dealkylation sites (N-methyl/N-ethyl adjacent to an activating group) is 1. The summed E-state index contributed by atoms with van der Waals surface area (Å²) in [6.45, 7) is 5.61. The zero-order chi connectivity index (χ0) is 26.5. The highest BCUT2D eigenvalue weighted by molar-refractivity contribution is 7.90. The number of carbonyl (C=O) groups excluding carboxylic acids is 2. The summed E-state index contributed by atoms with van der Waals surface area (Å²) in [4.78, 5) is 26.5. The zero-order valence-corrected chi connectivity index (χ0v) is 22.4. The first-order chi connectivity index (χ1) is 17.4. The number of aryl methyl sites for hydroxylation is 2. The maximum atomic E-state index is 13.1. The van der Waals surface area contributed by atoms with Gasteiger partial charge in [0.1, 0.15) is 12.2 Å². The van der Waals surface area contributed by atoms with Gasteiger partial charge >= 0.3 is 12.1 Å². The van der Waals surface area contributed by atoms with Crippen molar-refractivity contribution < 1.29 is 27.5 Å². The van der Waals surface area contributed by atoms with Gasteiger partial charge in [-0.25, -0.2) is 27.4 Å². The molecule has 2 aliphatic carbocycles. The van der Waals surface area contributed by atoms with E-state index in [4.69, 9.17) is 9.47 Å². The number of carbonyl (C=O) groups is 2. The second-order valence-electron chi connectivity index (χ2n) is 10.8. The van der Waals surface area contributed by atoms with Gasteiger partial charge in [0, 0.05) is 12.7 Å². The Morgan fingerprint density at radius 1 is 1.14 bits per heavy atom. The van der Waals surface area contributed by atoms with Gasteiger partial charge in [-0.15, -0.1) is 0 Å². The fraction of sp³-hybridized carbons (Fsp3) is 0.560. The van der Waals surface area contributed by atoms with Gasteiger partial charge in [-0.2, -0.15) is 5.10 Å². The Hall–Kier alpha value is -3.28. The van der Waals surface area contributed by atoms with Crippen LogP contribution in [0.2, 0.25) is 0 Å². The molecule has 0 radical (unpaired) electrons. The lowest BCUT2D eigenvalue weighted by molar-refractivity contribution is 0.0101. The van der Waals surface area contributed by atoms with Crippen molar-refractivity contribution in [2.24, 2.45) is 0 Å². The summed E-state index contributed by atoms with van der Waals surface area (Å²) in [5, 5.41) is 6.98. The number of anilines is 1. The zero-order valence-electron chi connectivity index (χ0n) is 21.6. The van der Waals surface area contributed by atoms with E-state index < -0.39 is 33.8 Å². The van der Waals surface area contributed by atoms with Gasteiger partial charge in [0.25, 0.3) is 10.0 Å². The average Bonchev–Trinajstić information content (AvgIpc) is 3.55. The summed E-state index contributed by atoms with van der Waals surface area (Å²) in [5.74, 6) is 0.0237. The van der Waals surface area contributed by atoms with E-state index in [1.807, 2.05) is 0 Å². The largest absolute Gasteiger partial charge is 0.475 e. The molecule has 1 atom stereocenters. The third kappa shape index (κ3) is 4.98. The smallest absolute Gasteiger partial charge is 0.410 e. The average molecular weight is 532 g/mol. The molecule has 0 bridgehead atoms. The molecule has 200 valence electrons. The molecule has 0 spiro atoms. The first-order valence-corrected chi connectivity index (χ1v) is 14.1. The van der Waals surface area contributed by atoms with Crippen LogP contribution in [-0.2, 0) is 47.0 Å². The van der Waals surface area contributed by atoms with Gasteiger partial charge in [-0.05, 0) is 81.5 Å². The van der Waals surface area contributed by atoms with E-state index in [0.717, 1.165) is 61.5 Å². The molecule has 2 N–H and O–H groups in total. The Morgan fingerprint density at radius 2 is 1.78 bits per heavy atom. The molecule has 12 heteroatoms. The Morgan fingerprint density at radius 3 is 2.41 bits per heavy atom. The van der Waals surface area contributed by atoms with Crippen molar-refractivity contribution in [1.29, 1.82) is 0 Å². The maximum absolute atomic E-state index is 13.1. The van der Waals surface area contributed by atoms with Crippen molar-refractivity contribution in [3.8, 4) is 5.88 Å². The number of aromatic nitrogens is 2. The molecule has 1 aliphatic heterocycles. The van der Waals surface area contributed by atoms with E-state index in [0.29, 0.717) is 0 Å². The number of hydrogen-bond acceptors (Lipinski definition) is 7. The predicted molar refractivity (Wildman–Crippen MR) is 135 cm³/mol. The molecule has 1 aromatic heterocycles. The summed E-state index contributed by atoms with van der Waals surface area (Å²) < 4.78 is 40.9. The van der Waals surface area contributed by atoms with E-state index in [1.54, 1.807) is 27.8 Å². The van der Waals surface area contributed by atoms with Crippen LogP contribution in [0.25, 0.3) is 0 Å². The molecule has 2 aromatic rings. The second kappa shape index (κ2) is 9.23. The third-order valence-electron chi connectivity index (χ3n) is 7.01. The molecule has 11 nitrogen and oxygen atoms in total. The number of rotatable bonds is 4. The van der Waals surface area contributed by atoms with Crippen LogP contribution in [0, 0.1) is 0 Å². The molecule has 2 heterocycles. The van der Waals surface area contributed by atoms with Crippen LogP contribution in [0.15, 0.2) is 17.2 Å². The minimum atomic E-state index is -4.26. The lowest BCUT2D eigenvalue weighted by atomic mass is 9.99. The van der Waals surface area contributed by atoms with Crippen molar-refractivity contribution in [3.63, 3.8) is 0 Å². The highest BCUT2D eigenvalue weighted by Crippen LogP contribution is 2.38. The van der Waals surface area contributed by atoms with Crippen molar-refractivity contribution in [2.75, 3.05) is 19.0 Å². The monoisotopic (exact) mass is 531 g/mol. The lowest BCUT2D eigenvalue weighted by Gasteiger charge is -2.33. The standard InChI is InChI=1S/C25H33N5O6S/c1-25(2,3)36-24(32)29(4)17-13-30-22(35-14-17)20(12-26-30)37(33,34)28-23(31)27-21-18-9-5-7-15(18)11-16-8-6-10-19(16)21/h11-12,17H,5-10,13-14H2,1-4H3,(H2,27,28,31)/t17-/m0/s1. The molecule has 3 aliphatic rings. The number of benzene rings is 1. The number of amides is 3. The predicted octanol–water partition coefficient (Wildman–Crippen LogP) is 3.00. The van der Waals surface area contributed by atoms with E-state index >= 15 is 0 Å². The Kier molecular flexibility index (Phi) is 6.33. The quantitative estimate of drug-likeness (QED) is 0.620. The summed E-state index contributed by atoms with van der Waals surface area (Å²) in [7, 11) is -2.67. The van der Waals surface area contributed by atoms with Crippen LogP contribution >= 0.6 is 0 Å². The third-order valence-corrected chi connectivity index (χ3v) is 8.33. The first kappa shape index (κ1) is 25.4. The van der Waals surface area contributed by atoms with Crippen LogP contribution < -0.4 is 14.8 Å². The van der Waals surface area contributed by atoms with E-state index in [1.165, 1.54) is 20.7 Å². The molecule has 0 saturated heterocycles. The van der Waals surface area contributed by atoms with Crippen LogP contribution in [0.5, 0.6) is 5.88 Å². The summed E-state index contributed by atoms with van der Waals surface area (Å²) in [6.07, 6.45) is 6.37. The van der Waals surface area contributed by atoms with Crippen molar-refractivity contribution in [3.05, 3.63) is 34.5 Å². The fourth-order valence-corrected chi connectivity index (χ4v) is 6.23. The molecule has 0 fully saturated rings. The molecule has 3 amide bonds. The molecule has 0 unspecified atom stereocenters. The van der Waals surface area contributed by atoms with Gasteiger partial charge in [0.05, 0.1) is 18.8 Å². The molecule has 5 rings (SSSR count).